The highest BCUT2D eigenvalue weighted by atomic mass is 16.5. The number of rotatable bonds is 4. The lowest BCUT2D eigenvalue weighted by molar-refractivity contribution is -0.114. The maximum Gasteiger partial charge on any atom is 0.299 e. The number of methoxy groups -OCH3 is 1. The standard InChI is InChI=1S/C12H14N2O3/c1-17-8-3-4-10-9(7-8)11(15)12(16)14(10)6-2-5-13/h3-4,7H,2,5-6,13H2,1H3. The average molecular weight is 234 g/mol. The van der Waals surface area contributed by atoms with E-state index in [-0.39, 0.29) is 0 Å². The quantitative estimate of drug-likeness (QED) is 0.773. The molecule has 90 valence electrons. The SMILES string of the molecule is COc1ccc2c(c1)C(=O)C(=O)N2CCCN. The van der Waals surface area contributed by atoms with E-state index >= 15 is 0 Å². The van der Waals surface area contributed by atoms with Crippen LogP contribution in [0.5, 0.6) is 5.75 Å². The number of hydrogen-bond acceptors (Lipinski definition) is 4. The molecule has 1 amide bonds. The highest BCUT2D eigenvalue weighted by molar-refractivity contribution is 6.52. The predicted molar refractivity (Wildman–Crippen MR) is 63.3 cm³/mol. The topological polar surface area (TPSA) is 72.6 Å². The molecule has 0 aromatic heterocycles. The lowest BCUT2D eigenvalue weighted by atomic mass is 10.1. The predicted octanol–water partition coefficient (Wildman–Crippen LogP) is 0.573. The van der Waals surface area contributed by atoms with Crippen LogP contribution in [0.1, 0.15) is 16.8 Å². The van der Waals surface area contributed by atoms with Crippen molar-refractivity contribution in [2.75, 3.05) is 25.1 Å². The first-order chi connectivity index (χ1) is 8.19. The number of carbonyl (C=O) groups is 2. The molecule has 0 saturated heterocycles. The Labute approximate surface area is 99.2 Å². The van der Waals surface area contributed by atoms with Crippen molar-refractivity contribution < 1.29 is 14.3 Å². The van der Waals surface area contributed by atoms with Crippen LogP contribution >= 0.6 is 0 Å². The molecule has 0 fully saturated rings. The lowest BCUT2D eigenvalue weighted by Crippen LogP contribution is -2.31. The molecule has 2 rings (SSSR count). The number of nitrogens with zero attached hydrogens (tertiary/aromatic N) is 1. The smallest absolute Gasteiger partial charge is 0.299 e. The summed E-state index contributed by atoms with van der Waals surface area (Å²) in [4.78, 5) is 25.0. The Bertz CT molecular complexity index is 471. The number of anilines is 1. The third-order valence-electron chi connectivity index (χ3n) is 2.76. The van der Waals surface area contributed by atoms with Gasteiger partial charge in [0.1, 0.15) is 5.75 Å². The van der Waals surface area contributed by atoms with E-state index in [1.165, 1.54) is 12.0 Å². The van der Waals surface area contributed by atoms with Crippen molar-refractivity contribution in [3.63, 3.8) is 0 Å². The first-order valence-corrected chi connectivity index (χ1v) is 5.43. The highest BCUT2D eigenvalue weighted by Crippen LogP contribution is 2.31. The van der Waals surface area contributed by atoms with Crippen LogP contribution in [0.25, 0.3) is 0 Å². The molecule has 2 N–H and O–H groups in total. The Hall–Kier alpha value is -1.88. The van der Waals surface area contributed by atoms with Gasteiger partial charge >= 0.3 is 0 Å². The van der Waals surface area contributed by atoms with Crippen molar-refractivity contribution in [3.05, 3.63) is 23.8 Å². The highest BCUT2D eigenvalue weighted by Gasteiger charge is 2.35. The minimum atomic E-state index is -0.485. The molecule has 0 unspecified atom stereocenters. The van der Waals surface area contributed by atoms with Crippen LogP contribution in [0.3, 0.4) is 0 Å². The molecular weight excluding hydrogens is 220 g/mol. The first kappa shape index (κ1) is 11.6. The largest absolute Gasteiger partial charge is 0.497 e. The van der Waals surface area contributed by atoms with Crippen molar-refractivity contribution in [2.45, 2.75) is 6.42 Å². The fourth-order valence-electron chi connectivity index (χ4n) is 1.88. The van der Waals surface area contributed by atoms with Crippen molar-refractivity contribution in [3.8, 4) is 5.75 Å². The number of hydrogen-bond donors (Lipinski definition) is 1. The van der Waals surface area contributed by atoms with Gasteiger partial charge in [0.25, 0.3) is 11.7 Å². The Morgan fingerprint density at radius 1 is 1.35 bits per heavy atom. The van der Waals surface area contributed by atoms with Crippen LogP contribution in [0, 0.1) is 0 Å². The number of amides is 1. The van der Waals surface area contributed by atoms with E-state index in [4.69, 9.17) is 10.5 Å². The molecule has 0 aliphatic carbocycles. The number of carbonyl (C=O) groups excluding carboxylic acids is 2. The van der Waals surface area contributed by atoms with Crippen LogP contribution in [-0.4, -0.2) is 31.9 Å². The number of nitrogens with two attached hydrogens (primary N) is 1. The van der Waals surface area contributed by atoms with E-state index in [1.54, 1.807) is 18.2 Å². The average Bonchev–Trinajstić information content (AvgIpc) is 2.60. The second kappa shape index (κ2) is 4.55. The third-order valence-corrected chi connectivity index (χ3v) is 2.76. The number of ether oxygens (including phenoxy) is 1. The van der Waals surface area contributed by atoms with Gasteiger partial charge in [-0.2, -0.15) is 0 Å². The van der Waals surface area contributed by atoms with E-state index in [2.05, 4.69) is 0 Å². The number of Topliss-reactive ketones (excluding diaryl/α,β-unsaturated/α-hetero) is 1. The van der Waals surface area contributed by atoms with E-state index in [9.17, 15) is 9.59 Å². The fourth-order valence-corrected chi connectivity index (χ4v) is 1.88. The zero-order chi connectivity index (χ0) is 12.4. The second-order valence-corrected chi connectivity index (χ2v) is 3.81. The Morgan fingerprint density at radius 3 is 2.76 bits per heavy atom. The van der Waals surface area contributed by atoms with Gasteiger partial charge in [-0.1, -0.05) is 0 Å². The molecule has 0 spiro atoms. The van der Waals surface area contributed by atoms with Crippen molar-refractivity contribution in [1.29, 1.82) is 0 Å². The van der Waals surface area contributed by atoms with Crippen molar-refractivity contribution in [1.82, 2.24) is 0 Å². The summed E-state index contributed by atoms with van der Waals surface area (Å²) in [7, 11) is 1.52. The molecule has 0 radical (unpaired) electrons. The molecule has 5 nitrogen and oxygen atoms in total. The lowest BCUT2D eigenvalue weighted by Gasteiger charge is -2.15. The Kier molecular flexibility index (Phi) is 3.10. The first-order valence-electron chi connectivity index (χ1n) is 5.43. The van der Waals surface area contributed by atoms with Crippen LogP contribution in [0.15, 0.2) is 18.2 Å². The zero-order valence-electron chi connectivity index (χ0n) is 9.60. The van der Waals surface area contributed by atoms with Gasteiger partial charge in [-0.25, -0.2) is 0 Å². The molecule has 1 aromatic rings. The van der Waals surface area contributed by atoms with Gasteiger partial charge in [0.15, 0.2) is 0 Å². The van der Waals surface area contributed by atoms with Gasteiger partial charge in [-0.3, -0.25) is 9.59 Å². The number of fused-ring (bicyclic) bond motifs is 1. The van der Waals surface area contributed by atoms with Gasteiger partial charge in [-0.15, -0.1) is 0 Å². The maximum atomic E-state index is 11.8. The summed E-state index contributed by atoms with van der Waals surface area (Å²) in [5, 5.41) is 0. The maximum absolute atomic E-state index is 11.8. The summed E-state index contributed by atoms with van der Waals surface area (Å²) in [6.45, 7) is 0.962. The van der Waals surface area contributed by atoms with Gasteiger partial charge in [0.05, 0.1) is 18.4 Å². The summed E-state index contributed by atoms with van der Waals surface area (Å²) in [5.74, 6) is -0.386. The zero-order valence-corrected chi connectivity index (χ0v) is 9.60. The molecule has 1 aliphatic rings. The minimum Gasteiger partial charge on any atom is -0.497 e. The number of ketones is 1. The minimum absolute atomic E-state index is 0.409. The summed E-state index contributed by atoms with van der Waals surface area (Å²) < 4.78 is 5.04. The van der Waals surface area contributed by atoms with E-state index in [0.29, 0.717) is 36.5 Å². The monoisotopic (exact) mass is 234 g/mol. The van der Waals surface area contributed by atoms with Gasteiger partial charge in [0, 0.05) is 6.54 Å². The molecule has 1 aromatic carbocycles. The molecule has 5 heteroatoms. The van der Waals surface area contributed by atoms with Crippen molar-refractivity contribution >= 4 is 17.4 Å². The van der Waals surface area contributed by atoms with Crippen LogP contribution < -0.4 is 15.4 Å². The molecule has 17 heavy (non-hydrogen) atoms. The van der Waals surface area contributed by atoms with E-state index in [1.807, 2.05) is 0 Å². The van der Waals surface area contributed by atoms with Crippen LogP contribution in [-0.2, 0) is 4.79 Å². The van der Waals surface area contributed by atoms with Gasteiger partial charge in [-0.05, 0) is 31.2 Å². The van der Waals surface area contributed by atoms with Crippen LogP contribution in [0.4, 0.5) is 5.69 Å². The van der Waals surface area contributed by atoms with E-state index in [0.717, 1.165) is 0 Å². The second-order valence-electron chi connectivity index (χ2n) is 3.81. The molecule has 0 atom stereocenters. The Balaban J connectivity index is 2.36. The molecule has 0 bridgehead atoms. The Morgan fingerprint density at radius 2 is 2.12 bits per heavy atom. The molecule has 1 aliphatic heterocycles. The fraction of sp³-hybridized carbons (Fsp3) is 0.333. The summed E-state index contributed by atoms with van der Waals surface area (Å²) >= 11 is 0. The van der Waals surface area contributed by atoms with Gasteiger partial charge in [0.2, 0.25) is 0 Å². The van der Waals surface area contributed by atoms with Crippen LogP contribution in [0.2, 0.25) is 0 Å². The van der Waals surface area contributed by atoms with E-state index < -0.39 is 11.7 Å². The summed E-state index contributed by atoms with van der Waals surface area (Å²) in [5.41, 5.74) is 6.47. The van der Waals surface area contributed by atoms with Crippen molar-refractivity contribution in [2.24, 2.45) is 5.73 Å². The molecule has 0 saturated carbocycles. The molecule has 1 heterocycles. The van der Waals surface area contributed by atoms with Gasteiger partial charge < -0.3 is 15.4 Å². The molecular formula is C12H14N2O3. The summed E-state index contributed by atoms with van der Waals surface area (Å²) in [6.07, 6.45) is 0.671. The number of benzene rings is 1. The summed E-state index contributed by atoms with van der Waals surface area (Å²) in [6, 6.07) is 5.06. The third kappa shape index (κ3) is 1.89. The normalized spacial score (nSPS) is 14.1.